The molecule has 0 saturated carbocycles. The van der Waals surface area contributed by atoms with Crippen molar-refractivity contribution in [3.05, 3.63) is 87.2 Å². The molecule has 0 spiro atoms. The fourth-order valence-corrected chi connectivity index (χ4v) is 4.47. The zero-order chi connectivity index (χ0) is 23.8. The number of fused-ring (bicyclic) bond motifs is 1. The van der Waals surface area contributed by atoms with Gasteiger partial charge in [0.05, 0.1) is 16.3 Å². The van der Waals surface area contributed by atoms with Gasteiger partial charge in [0.2, 0.25) is 5.89 Å². The molecule has 34 heavy (non-hydrogen) atoms. The molecule has 0 aliphatic heterocycles. The quantitative estimate of drug-likeness (QED) is 0.185. The van der Waals surface area contributed by atoms with Gasteiger partial charge in [0.15, 0.2) is 6.10 Å². The summed E-state index contributed by atoms with van der Waals surface area (Å²) >= 11 is 1.29. The number of aryl methyl sites for hydroxylation is 1. The second-order valence-electron chi connectivity index (χ2n) is 7.46. The first kappa shape index (κ1) is 21.5. The van der Waals surface area contributed by atoms with Crippen LogP contribution < -0.4 is 0 Å². The van der Waals surface area contributed by atoms with Crippen LogP contribution in [0.5, 0.6) is 0 Å². The molecule has 0 N–H and O–H groups in total. The number of para-hydroxylation sites is 1. The number of aromatic nitrogens is 4. The molecule has 10 nitrogen and oxygen atoms in total. The molecule has 0 aliphatic rings. The minimum Gasteiger partial charge on any atom is -0.448 e. The smallest absolute Gasteiger partial charge is 0.349 e. The van der Waals surface area contributed by atoms with Crippen LogP contribution in [0, 0.1) is 17.0 Å². The molecule has 0 saturated heterocycles. The fourth-order valence-electron chi connectivity index (χ4n) is 3.40. The minimum atomic E-state index is -0.788. The van der Waals surface area contributed by atoms with Crippen molar-refractivity contribution in [1.82, 2.24) is 20.0 Å². The summed E-state index contributed by atoms with van der Waals surface area (Å²) in [5, 5.41) is 24.2. The molecule has 0 fully saturated rings. The SMILES string of the molecule is Cc1nn(-c2ccccc2)c2sc(C(=O)OC(C)c3nnc(-c4ccc([N+](=O)[O-])cc4)o3)cc12. The molecule has 5 aromatic rings. The number of thiophene rings is 1. The van der Waals surface area contributed by atoms with Crippen molar-refractivity contribution in [3.8, 4) is 17.1 Å². The van der Waals surface area contributed by atoms with Crippen LogP contribution >= 0.6 is 11.3 Å². The second kappa shape index (κ2) is 8.52. The third-order valence-electron chi connectivity index (χ3n) is 5.14. The van der Waals surface area contributed by atoms with Crippen molar-refractivity contribution in [3.63, 3.8) is 0 Å². The Morgan fingerprint density at radius 2 is 1.88 bits per heavy atom. The first-order valence-electron chi connectivity index (χ1n) is 10.2. The van der Waals surface area contributed by atoms with Crippen LogP contribution in [-0.4, -0.2) is 30.9 Å². The van der Waals surface area contributed by atoms with Gasteiger partial charge in [-0.05, 0) is 44.2 Å². The normalized spacial score (nSPS) is 12.1. The average Bonchev–Trinajstić information content (AvgIpc) is 3.57. The summed E-state index contributed by atoms with van der Waals surface area (Å²) in [7, 11) is 0. The molecule has 0 amide bonds. The van der Waals surface area contributed by atoms with E-state index in [2.05, 4.69) is 15.3 Å². The van der Waals surface area contributed by atoms with Gasteiger partial charge < -0.3 is 9.15 Å². The zero-order valence-corrected chi connectivity index (χ0v) is 18.9. The molecule has 3 aromatic heterocycles. The van der Waals surface area contributed by atoms with Crippen LogP contribution in [0.1, 0.15) is 34.3 Å². The highest BCUT2D eigenvalue weighted by Crippen LogP contribution is 2.32. The molecule has 3 heterocycles. The van der Waals surface area contributed by atoms with E-state index in [1.165, 1.54) is 35.6 Å². The average molecular weight is 475 g/mol. The van der Waals surface area contributed by atoms with Crippen molar-refractivity contribution >= 4 is 33.2 Å². The van der Waals surface area contributed by atoms with Crippen LogP contribution in [0.2, 0.25) is 0 Å². The number of nitro groups is 1. The number of benzene rings is 2. The highest BCUT2D eigenvalue weighted by atomic mass is 32.1. The number of rotatable bonds is 6. The summed E-state index contributed by atoms with van der Waals surface area (Å²) in [5.41, 5.74) is 2.19. The number of non-ortho nitro benzene ring substituents is 1. The highest BCUT2D eigenvalue weighted by Gasteiger charge is 2.23. The van der Waals surface area contributed by atoms with E-state index in [4.69, 9.17) is 9.15 Å². The fraction of sp³-hybridized carbons (Fsp3) is 0.130. The Hall–Kier alpha value is -4.38. The van der Waals surface area contributed by atoms with Crippen LogP contribution in [0.4, 0.5) is 5.69 Å². The lowest BCUT2D eigenvalue weighted by Gasteiger charge is -2.08. The van der Waals surface area contributed by atoms with E-state index in [0.717, 1.165) is 21.6 Å². The number of carbonyl (C=O) groups is 1. The van der Waals surface area contributed by atoms with E-state index in [9.17, 15) is 14.9 Å². The van der Waals surface area contributed by atoms with Crippen molar-refractivity contribution in [1.29, 1.82) is 0 Å². The zero-order valence-electron chi connectivity index (χ0n) is 18.0. The predicted molar refractivity (Wildman–Crippen MR) is 124 cm³/mol. The van der Waals surface area contributed by atoms with Crippen LogP contribution in [0.15, 0.2) is 65.1 Å². The largest absolute Gasteiger partial charge is 0.448 e. The lowest BCUT2D eigenvalue weighted by molar-refractivity contribution is -0.384. The van der Waals surface area contributed by atoms with E-state index in [1.807, 2.05) is 41.9 Å². The number of hydrogen-bond donors (Lipinski definition) is 0. The lowest BCUT2D eigenvalue weighted by atomic mass is 10.2. The minimum absolute atomic E-state index is 0.0419. The number of ether oxygens (including phenoxy) is 1. The molecular weight excluding hydrogens is 458 g/mol. The Bertz CT molecular complexity index is 1500. The molecule has 0 aliphatic carbocycles. The Kier molecular flexibility index (Phi) is 5.38. The Labute approximate surface area is 196 Å². The number of carbonyl (C=O) groups excluding carboxylic acids is 1. The summed E-state index contributed by atoms with van der Waals surface area (Å²) in [6, 6.07) is 17.2. The topological polar surface area (TPSA) is 126 Å². The van der Waals surface area contributed by atoms with Gasteiger partial charge in [-0.25, -0.2) is 9.48 Å². The number of nitrogens with zero attached hydrogens (tertiary/aromatic N) is 5. The van der Waals surface area contributed by atoms with Crippen LogP contribution in [0.3, 0.4) is 0 Å². The van der Waals surface area contributed by atoms with Gasteiger partial charge in [0.25, 0.3) is 11.6 Å². The molecule has 1 unspecified atom stereocenters. The van der Waals surface area contributed by atoms with Gasteiger partial charge in [0.1, 0.15) is 9.71 Å². The van der Waals surface area contributed by atoms with E-state index >= 15 is 0 Å². The summed E-state index contributed by atoms with van der Waals surface area (Å²) < 4.78 is 13.0. The lowest BCUT2D eigenvalue weighted by Crippen LogP contribution is -2.08. The first-order valence-corrected chi connectivity index (χ1v) is 11.1. The molecule has 5 rings (SSSR count). The first-order chi connectivity index (χ1) is 16.4. The molecule has 0 bridgehead atoms. The van der Waals surface area contributed by atoms with Gasteiger partial charge in [-0.15, -0.1) is 21.5 Å². The van der Waals surface area contributed by atoms with E-state index < -0.39 is 17.0 Å². The van der Waals surface area contributed by atoms with Crippen LogP contribution in [-0.2, 0) is 4.74 Å². The van der Waals surface area contributed by atoms with Gasteiger partial charge in [-0.1, -0.05) is 18.2 Å². The van der Waals surface area contributed by atoms with E-state index in [1.54, 1.807) is 13.0 Å². The molecule has 11 heteroatoms. The summed E-state index contributed by atoms with van der Waals surface area (Å²) in [4.78, 5) is 24.4. The maximum atomic E-state index is 12.8. The Morgan fingerprint density at radius 3 is 2.59 bits per heavy atom. The maximum absolute atomic E-state index is 12.8. The standard InChI is InChI=1S/C23H17N5O5S/c1-13-18-12-19(34-22(18)27(26-13)16-6-4-3-5-7-16)23(29)32-14(2)20-24-25-21(33-20)15-8-10-17(11-9-15)28(30)31/h3-12,14H,1-2H3. The second-order valence-corrected chi connectivity index (χ2v) is 8.49. The molecule has 1 atom stereocenters. The Balaban J connectivity index is 1.34. The van der Waals surface area contributed by atoms with Gasteiger partial charge in [0, 0.05) is 23.1 Å². The summed E-state index contributed by atoms with van der Waals surface area (Å²) in [6.45, 7) is 3.53. The van der Waals surface area contributed by atoms with Crippen molar-refractivity contribution in [2.75, 3.05) is 0 Å². The monoisotopic (exact) mass is 475 g/mol. The van der Waals surface area contributed by atoms with E-state index in [-0.39, 0.29) is 17.5 Å². The van der Waals surface area contributed by atoms with Gasteiger partial charge in [-0.2, -0.15) is 5.10 Å². The van der Waals surface area contributed by atoms with E-state index in [0.29, 0.717) is 10.4 Å². The van der Waals surface area contributed by atoms with Crippen molar-refractivity contribution < 1.29 is 18.9 Å². The Morgan fingerprint density at radius 1 is 1.15 bits per heavy atom. The van der Waals surface area contributed by atoms with Crippen molar-refractivity contribution in [2.24, 2.45) is 0 Å². The maximum Gasteiger partial charge on any atom is 0.349 e. The third kappa shape index (κ3) is 3.92. The highest BCUT2D eigenvalue weighted by molar-refractivity contribution is 7.20. The van der Waals surface area contributed by atoms with Crippen molar-refractivity contribution in [2.45, 2.75) is 20.0 Å². The van der Waals surface area contributed by atoms with Crippen LogP contribution in [0.25, 0.3) is 27.4 Å². The van der Waals surface area contributed by atoms with Gasteiger partial charge in [-0.3, -0.25) is 10.1 Å². The summed E-state index contributed by atoms with van der Waals surface area (Å²) in [5.74, 6) is -0.217. The number of hydrogen-bond acceptors (Lipinski definition) is 9. The van der Waals surface area contributed by atoms with Gasteiger partial charge >= 0.3 is 5.97 Å². The molecular formula is C23H17N5O5S. The number of esters is 1. The molecule has 0 radical (unpaired) electrons. The number of nitro benzene ring substituents is 1. The molecule has 2 aromatic carbocycles. The molecule has 170 valence electrons. The predicted octanol–water partition coefficient (Wildman–Crippen LogP) is 5.27. The third-order valence-corrected chi connectivity index (χ3v) is 6.23. The summed E-state index contributed by atoms with van der Waals surface area (Å²) in [6.07, 6.45) is -0.788.